The minimum atomic E-state index is -0.726. The molecule has 2 rings (SSSR count). The number of carbonyl (C=O) groups is 1. The summed E-state index contributed by atoms with van der Waals surface area (Å²) in [5.41, 5.74) is 0.131. The molecule has 0 saturated carbocycles. The fourth-order valence-electron chi connectivity index (χ4n) is 2.47. The maximum absolute atomic E-state index is 10.8. The lowest BCUT2D eigenvalue weighted by Gasteiger charge is -2.32. The van der Waals surface area contributed by atoms with Crippen LogP contribution in [0.15, 0.2) is 24.3 Å². The van der Waals surface area contributed by atoms with E-state index in [-0.39, 0.29) is 11.5 Å². The number of carboxylic acid groups (broad SMARTS) is 1. The van der Waals surface area contributed by atoms with E-state index in [1.165, 1.54) is 0 Å². The standard InChI is InChI=1S/C12H17NO2/c1-12(5-3-2-4-6-12)9-7-10(11(14)15)13-8-9/h2-5,9-10,13H,6-8H2,1H3,(H,14,15). The normalized spacial score (nSPS) is 39.5. The first kappa shape index (κ1) is 10.4. The molecule has 0 spiro atoms. The summed E-state index contributed by atoms with van der Waals surface area (Å²) >= 11 is 0. The lowest BCUT2D eigenvalue weighted by Crippen LogP contribution is -2.30. The van der Waals surface area contributed by atoms with E-state index in [1.54, 1.807) is 0 Å². The number of carboxylic acids is 1. The van der Waals surface area contributed by atoms with E-state index in [4.69, 9.17) is 5.11 Å². The first-order valence-corrected chi connectivity index (χ1v) is 5.42. The molecule has 3 nitrogen and oxygen atoms in total. The minimum absolute atomic E-state index is 0.131. The zero-order valence-corrected chi connectivity index (χ0v) is 8.94. The summed E-state index contributed by atoms with van der Waals surface area (Å²) in [5, 5.41) is 12.0. The molecule has 15 heavy (non-hydrogen) atoms. The second-order valence-electron chi connectivity index (χ2n) is 4.73. The van der Waals surface area contributed by atoms with Crippen LogP contribution in [0.1, 0.15) is 19.8 Å². The monoisotopic (exact) mass is 207 g/mol. The van der Waals surface area contributed by atoms with E-state index >= 15 is 0 Å². The van der Waals surface area contributed by atoms with Gasteiger partial charge in [0.15, 0.2) is 0 Å². The highest BCUT2D eigenvalue weighted by Gasteiger charge is 2.39. The summed E-state index contributed by atoms with van der Waals surface area (Å²) in [6, 6.07) is -0.355. The number of hydrogen-bond donors (Lipinski definition) is 2. The Balaban J connectivity index is 2.04. The van der Waals surface area contributed by atoms with Gasteiger partial charge in [0.1, 0.15) is 6.04 Å². The van der Waals surface area contributed by atoms with E-state index in [2.05, 4.69) is 36.5 Å². The Morgan fingerprint density at radius 2 is 2.33 bits per heavy atom. The zero-order valence-electron chi connectivity index (χ0n) is 8.94. The van der Waals surface area contributed by atoms with E-state index in [9.17, 15) is 4.79 Å². The average molecular weight is 207 g/mol. The van der Waals surface area contributed by atoms with Crippen LogP contribution >= 0.6 is 0 Å². The summed E-state index contributed by atoms with van der Waals surface area (Å²) in [4.78, 5) is 10.8. The molecule has 1 heterocycles. The van der Waals surface area contributed by atoms with Gasteiger partial charge in [-0.05, 0) is 30.7 Å². The van der Waals surface area contributed by atoms with Crippen molar-refractivity contribution in [3.05, 3.63) is 24.3 Å². The van der Waals surface area contributed by atoms with Crippen molar-refractivity contribution >= 4 is 5.97 Å². The average Bonchev–Trinajstić information content (AvgIpc) is 2.68. The summed E-state index contributed by atoms with van der Waals surface area (Å²) in [6.07, 6.45) is 10.3. The van der Waals surface area contributed by atoms with E-state index in [0.717, 1.165) is 19.4 Å². The van der Waals surface area contributed by atoms with Gasteiger partial charge in [0.05, 0.1) is 0 Å². The molecular formula is C12H17NO2. The molecule has 1 aliphatic carbocycles. The first-order chi connectivity index (χ1) is 7.12. The third-order valence-corrected chi connectivity index (χ3v) is 3.64. The number of hydrogen-bond acceptors (Lipinski definition) is 2. The Labute approximate surface area is 89.9 Å². The van der Waals surface area contributed by atoms with Gasteiger partial charge in [0, 0.05) is 0 Å². The molecule has 82 valence electrons. The van der Waals surface area contributed by atoms with E-state index < -0.39 is 5.97 Å². The first-order valence-electron chi connectivity index (χ1n) is 5.42. The van der Waals surface area contributed by atoms with Crippen molar-refractivity contribution in [3.8, 4) is 0 Å². The van der Waals surface area contributed by atoms with Gasteiger partial charge in [-0.2, -0.15) is 0 Å². The second kappa shape index (κ2) is 3.81. The smallest absolute Gasteiger partial charge is 0.320 e. The second-order valence-corrected chi connectivity index (χ2v) is 4.73. The van der Waals surface area contributed by atoms with Crippen molar-refractivity contribution in [2.45, 2.75) is 25.8 Å². The van der Waals surface area contributed by atoms with Gasteiger partial charge in [-0.15, -0.1) is 0 Å². The summed E-state index contributed by atoms with van der Waals surface area (Å²) in [7, 11) is 0. The van der Waals surface area contributed by atoms with Crippen LogP contribution in [-0.2, 0) is 4.79 Å². The molecule has 0 aromatic carbocycles. The number of rotatable bonds is 2. The molecule has 3 heteroatoms. The minimum Gasteiger partial charge on any atom is -0.480 e. The quantitative estimate of drug-likeness (QED) is 0.722. The molecule has 0 amide bonds. The van der Waals surface area contributed by atoms with Crippen molar-refractivity contribution < 1.29 is 9.90 Å². The number of aliphatic carboxylic acids is 1. The fourth-order valence-corrected chi connectivity index (χ4v) is 2.47. The van der Waals surface area contributed by atoms with Gasteiger partial charge in [-0.25, -0.2) is 0 Å². The molecule has 3 atom stereocenters. The molecular weight excluding hydrogens is 190 g/mol. The lowest BCUT2D eigenvalue weighted by atomic mass is 9.72. The van der Waals surface area contributed by atoms with Crippen LogP contribution in [0.5, 0.6) is 0 Å². The SMILES string of the molecule is CC1(C2CNC(C(=O)O)C2)C=CC=CC1. The fraction of sp³-hybridized carbons (Fsp3) is 0.583. The Hall–Kier alpha value is -1.09. The molecule has 0 bridgehead atoms. The number of allylic oxidation sites excluding steroid dienone is 4. The van der Waals surface area contributed by atoms with Crippen LogP contribution in [-0.4, -0.2) is 23.7 Å². The molecule has 1 saturated heterocycles. The Bertz CT molecular complexity index is 322. The molecule has 0 aromatic heterocycles. The predicted molar refractivity (Wildman–Crippen MR) is 58.5 cm³/mol. The van der Waals surface area contributed by atoms with Gasteiger partial charge in [0.25, 0.3) is 0 Å². The molecule has 0 radical (unpaired) electrons. The molecule has 2 aliphatic rings. The Kier molecular flexibility index (Phi) is 2.65. The van der Waals surface area contributed by atoms with Gasteiger partial charge >= 0.3 is 5.97 Å². The summed E-state index contributed by atoms with van der Waals surface area (Å²) in [6.45, 7) is 3.02. The molecule has 1 aliphatic heterocycles. The lowest BCUT2D eigenvalue weighted by molar-refractivity contribution is -0.139. The highest BCUT2D eigenvalue weighted by Crippen LogP contribution is 2.39. The van der Waals surface area contributed by atoms with Crippen LogP contribution in [0.4, 0.5) is 0 Å². The number of nitrogens with one attached hydrogen (secondary N) is 1. The van der Waals surface area contributed by atoms with Crippen LogP contribution < -0.4 is 5.32 Å². The van der Waals surface area contributed by atoms with Crippen molar-refractivity contribution in [2.75, 3.05) is 6.54 Å². The van der Waals surface area contributed by atoms with E-state index in [1.807, 2.05) is 0 Å². The summed E-state index contributed by atoms with van der Waals surface area (Å²) in [5.74, 6) is -0.295. The Morgan fingerprint density at radius 3 is 2.87 bits per heavy atom. The van der Waals surface area contributed by atoms with Crippen molar-refractivity contribution in [2.24, 2.45) is 11.3 Å². The van der Waals surface area contributed by atoms with Crippen molar-refractivity contribution in [1.29, 1.82) is 0 Å². The van der Waals surface area contributed by atoms with Gasteiger partial charge in [-0.3, -0.25) is 4.79 Å². The van der Waals surface area contributed by atoms with Gasteiger partial charge in [0.2, 0.25) is 0 Å². The molecule has 1 fully saturated rings. The maximum atomic E-state index is 10.8. The topological polar surface area (TPSA) is 49.3 Å². The Morgan fingerprint density at radius 1 is 1.53 bits per heavy atom. The van der Waals surface area contributed by atoms with Crippen molar-refractivity contribution in [3.63, 3.8) is 0 Å². The third-order valence-electron chi connectivity index (χ3n) is 3.64. The van der Waals surface area contributed by atoms with Gasteiger partial charge < -0.3 is 10.4 Å². The van der Waals surface area contributed by atoms with E-state index in [0.29, 0.717) is 5.92 Å². The van der Waals surface area contributed by atoms with Crippen molar-refractivity contribution in [1.82, 2.24) is 5.32 Å². The molecule has 3 unspecified atom stereocenters. The van der Waals surface area contributed by atoms with Crippen LogP contribution in [0.3, 0.4) is 0 Å². The maximum Gasteiger partial charge on any atom is 0.320 e. The third kappa shape index (κ3) is 1.97. The van der Waals surface area contributed by atoms with Crippen LogP contribution in [0.25, 0.3) is 0 Å². The highest BCUT2D eigenvalue weighted by molar-refractivity contribution is 5.73. The zero-order chi connectivity index (χ0) is 10.9. The highest BCUT2D eigenvalue weighted by atomic mass is 16.4. The molecule has 2 N–H and O–H groups in total. The summed E-state index contributed by atoms with van der Waals surface area (Å²) < 4.78 is 0. The van der Waals surface area contributed by atoms with Gasteiger partial charge in [-0.1, -0.05) is 31.2 Å². The van der Waals surface area contributed by atoms with Crippen LogP contribution in [0, 0.1) is 11.3 Å². The predicted octanol–water partition coefficient (Wildman–Crippen LogP) is 1.57. The van der Waals surface area contributed by atoms with Crippen LogP contribution in [0.2, 0.25) is 0 Å². The molecule has 0 aromatic rings. The largest absolute Gasteiger partial charge is 0.480 e.